The number of hydrogen-bond donors (Lipinski definition) is 1. The number of aliphatic hydroxyl groups is 1. The van der Waals surface area contributed by atoms with E-state index >= 15 is 0 Å². The lowest BCUT2D eigenvalue weighted by Gasteiger charge is -2.15. The van der Waals surface area contributed by atoms with Crippen molar-refractivity contribution in [1.29, 1.82) is 0 Å². The summed E-state index contributed by atoms with van der Waals surface area (Å²) in [6.45, 7) is 0. The van der Waals surface area contributed by atoms with Crippen LogP contribution in [0.1, 0.15) is 10.4 Å². The second kappa shape index (κ2) is 4.73. The Morgan fingerprint density at radius 1 is 1.25 bits per heavy atom. The van der Waals surface area contributed by atoms with Crippen molar-refractivity contribution in [3.8, 4) is 0 Å². The topological polar surface area (TPSA) is 74.7 Å². The molecule has 1 atom stereocenters. The highest BCUT2D eigenvalue weighted by Crippen LogP contribution is 2.10. The van der Waals surface area contributed by atoms with Gasteiger partial charge in [-0.15, -0.1) is 0 Å². The van der Waals surface area contributed by atoms with Gasteiger partial charge in [0.1, 0.15) is 0 Å². The molecule has 0 spiro atoms. The van der Waals surface area contributed by atoms with Gasteiger partial charge in [-0.2, -0.15) is 0 Å². The largest absolute Gasteiger partial charge is 0.370 e. The van der Waals surface area contributed by atoms with E-state index in [-0.39, 0.29) is 5.56 Å². The Bertz CT molecular complexity index is 467. The van der Waals surface area contributed by atoms with Crippen LogP contribution in [0.15, 0.2) is 30.3 Å². The van der Waals surface area contributed by atoms with Gasteiger partial charge in [0.15, 0.2) is 0 Å². The molecule has 0 heterocycles. The zero-order valence-electron chi connectivity index (χ0n) is 8.99. The van der Waals surface area contributed by atoms with E-state index in [0.29, 0.717) is 0 Å². The first-order valence-electron chi connectivity index (χ1n) is 4.56. The van der Waals surface area contributed by atoms with Crippen LogP contribution < -0.4 is 0 Å². The standard InChI is InChI=1S/C10H13NO4S/c1-11(2)16(14,15)10(13)9(12)8-6-4-3-5-7-8/h3-7,10,13H,1-2H3. The van der Waals surface area contributed by atoms with Gasteiger partial charge >= 0.3 is 0 Å². The summed E-state index contributed by atoms with van der Waals surface area (Å²) in [6, 6.07) is 7.81. The molecule has 1 aromatic carbocycles. The third kappa shape index (κ3) is 2.46. The normalized spacial score (nSPS) is 13.8. The lowest BCUT2D eigenvalue weighted by atomic mass is 10.1. The molecular weight excluding hydrogens is 230 g/mol. The molecular formula is C10H13NO4S. The van der Waals surface area contributed by atoms with E-state index in [1.165, 1.54) is 26.2 Å². The first kappa shape index (κ1) is 12.8. The van der Waals surface area contributed by atoms with E-state index < -0.39 is 21.2 Å². The maximum Gasteiger partial charge on any atom is 0.248 e. The maximum absolute atomic E-state index is 11.6. The van der Waals surface area contributed by atoms with Crippen LogP contribution in [0.4, 0.5) is 0 Å². The molecule has 0 saturated heterocycles. The zero-order chi connectivity index (χ0) is 12.3. The fourth-order valence-electron chi connectivity index (χ4n) is 1.08. The highest BCUT2D eigenvalue weighted by molar-refractivity contribution is 7.90. The molecule has 6 heteroatoms. The van der Waals surface area contributed by atoms with Gasteiger partial charge in [0.05, 0.1) is 0 Å². The SMILES string of the molecule is CN(C)S(=O)(=O)C(O)C(=O)c1ccccc1. The summed E-state index contributed by atoms with van der Waals surface area (Å²) >= 11 is 0. The number of sulfonamides is 1. The maximum atomic E-state index is 11.6. The molecule has 0 saturated carbocycles. The number of nitrogens with zero attached hydrogens (tertiary/aromatic N) is 1. The van der Waals surface area contributed by atoms with Crippen molar-refractivity contribution in [1.82, 2.24) is 4.31 Å². The smallest absolute Gasteiger partial charge is 0.248 e. The molecule has 5 nitrogen and oxygen atoms in total. The molecule has 16 heavy (non-hydrogen) atoms. The van der Waals surface area contributed by atoms with Gasteiger partial charge in [-0.1, -0.05) is 30.3 Å². The molecule has 1 aromatic rings. The van der Waals surface area contributed by atoms with Crippen LogP contribution in [-0.2, 0) is 10.0 Å². The van der Waals surface area contributed by atoms with Crippen molar-refractivity contribution < 1.29 is 18.3 Å². The average molecular weight is 243 g/mol. The van der Waals surface area contributed by atoms with Gasteiger partial charge in [0.25, 0.3) is 0 Å². The summed E-state index contributed by atoms with van der Waals surface area (Å²) in [5, 5.41) is 9.49. The van der Waals surface area contributed by atoms with E-state index in [1.807, 2.05) is 0 Å². The van der Waals surface area contributed by atoms with Crippen LogP contribution in [0, 0.1) is 0 Å². The molecule has 1 unspecified atom stereocenters. The van der Waals surface area contributed by atoms with Gasteiger partial charge in [-0.3, -0.25) is 4.79 Å². The minimum absolute atomic E-state index is 0.167. The fraction of sp³-hybridized carbons (Fsp3) is 0.300. The van der Waals surface area contributed by atoms with Crippen molar-refractivity contribution in [3.05, 3.63) is 35.9 Å². The molecule has 88 valence electrons. The Morgan fingerprint density at radius 3 is 2.19 bits per heavy atom. The van der Waals surface area contributed by atoms with Crippen molar-refractivity contribution in [2.45, 2.75) is 5.44 Å². The van der Waals surface area contributed by atoms with E-state index in [9.17, 15) is 18.3 Å². The lowest BCUT2D eigenvalue weighted by Crippen LogP contribution is -2.38. The van der Waals surface area contributed by atoms with E-state index in [0.717, 1.165) is 4.31 Å². The molecule has 0 radical (unpaired) electrons. The number of ketones is 1. The van der Waals surface area contributed by atoms with Gasteiger partial charge < -0.3 is 5.11 Å². The minimum atomic E-state index is -3.98. The molecule has 0 aliphatic heterocycles. The highest BCUT2D eigenvalue weighted by Gasteiger charge is 2.32. The number of benzene rings is 1. The highest BCUT2D eigenvalue weighted by atomic mass is 32.2. The van der Waals surface area contributed by atoms with Crippen LogP contribution >= 0.6 is 0 Å². The van der Waals surface area contributed by atoms with Crippen molar-refractivity contribution in [3.63, 3.8) is 0 Å². The molecule has 0 amide bonds. The monoisotopic (exact) mass is 243 g/mol. The predicted octanol–water partition coefficient (Wildman–Crippen LogP) is 0.0791. The Labute approximate surface area is 94.4 Å². The number of aliphatic hydroxyl groups excluding tert-OH is 1. The second-order valence-corrected chi connectivity index (χ2v) is 5.62. The van der Waals surface area contributed by atoms with E-state index in [2.05, 4.69) is 0 Å². The van der Waals surface area contributed by atoms with Crippen molar-refractivity contribution in [2.75, 3.05) is 14.1 Å². The first-order valence-corrected chi connectivity index (χ1v) is 6.06. The van der Waals surface area contributed by atoms with Gasteiger partial charge in [-0.25, -0.2) is 12.7 Å². The van der Waals surface area contributed by atoms with Gasteiger partial charge in [-0.05, 0) is 0 Å². The predicted molar refractivity (Wildman–Crippen MR) is 59.4 cm³/mol. The Morgan fingerprint density at radius 2 is 1.75 bits per heavy atom. The van der Waals surface area contributed by atoms with Gasteiger partial charge in [0.2, 0.25) is 21.2 Å². The second-order valence-electron chi connectivity index (χ2n) is 3.41. The van der Waals surface area contributed by atoms with Crippen LogP contribution in [0.25, 0.3) is 0 Å². The third-order valence-electron chi connectivity index (χ3n) is 2.07. The summed E-state index contributed by atoms with van der Waals surface area (Å²) in [5.41, 5.74) is -1.88. The number of carbonyl (C=O) groups excluding carboxylic acids is 1. The number of Topliss-reactive ketones (excluding diaryl/α,β-unsaturated/α-hetero) is 1. The summed E-state index contributed by atoms with van der Waals surface area (Å²) in [4.78, 5) is 11.6. The summed E-state index contributed by atoms with van der Waals surface area (Å²) in [6.07, 6.45) is 0. The number of hydrogen-bond acceptors (Lipinski definition) is 4. The molecule has 0 fully saturated rings. The fourth-order valence-corrected chi connectivity index (χ4v) is 1.89. The molecule has 0 aromatic heterocycles. The van der Waals surface area contributed by atoms with Crippen molar-refractivity contribution >= 4 is 15.8 Å². The summed E-state index contributed by atoms with van der Waals surface area (Å²) in [7, 11) is -1.46. The molecule has 1 N–H and O–H groups in total. The van der Waals surface area contributed by atoms with E-state index in [1.54, 1.807) is 18.2 Å². The van der Waals surface area contributed by atoms with Gasteiger partial charge in [0, 0.05) is 19.7 Å². The Balaban J connectivity index is 3.01. The van der Waals surface area contributed by atoms with Crippen LogP contribution in [0.5, 0.6) is 0 Å². The first-order chi connectivity index (χ1) is 7.37. The number of rotatable bonds is 4. The molecule has 0 aliphatic rings. The lowest BCUT2D eigenvalue weighted by molar-refractivity contribution is 0.0852. The zero-order valence-corrected chi connectivity index (χ0v) is 9.81. The quantitative estimate of drug-likeness (QED) is 0.760. The molecule has 1 rings (SSSR count). The average Bonchev–Trinajstić information content (AvgIpc) is 2.28. The Kier molecular flexibility index (Phi) is 3.79. The van der Waals surface area contributed by atoms with Crippen LogP contribution in [0.2, 0.25) is 0 Å². The Hall–Kier alpha value is -1.24. The molecule has 0 bridgehead atoms. The summed E-state index contributed by atoms with van der Waals surface area (Å²) < 4.78 is 23.8. The number of carbonyl (C=O) groups is 1. The van der Waals surface area contributed by atoms with Crippen LogP contribution in [0.3, 0.4) is 0 Å². The molecule has 0 aliphatic carbocycles. The third-order valence-corrected chi connectivity index (χ3v) is 3.87. The minimum Gasteiger partial charge on any atom is -0.370 e. The summed E-state index contributed by atoms with van der Waals surface area (Å²) in [5.74, 6) is -0.825. The van der Waals surface area contributed by atoms with E-state index in [4.69, 9.17) is 0 Å². The van der Waals surface area contributed by atoms with Crippen molar-refractivity contribution in [2.24, 2.45) is 0 Å². The van der Waals surface area contributed by atoms with Crippen LogP contribution in [-0.4, -0.2) is 43.1 Å².